The van der Waals surface area contributed by atoms with E-state index < -0.39 is 0 Å². The molecule has 0 aliphatic carbocycles. The van der Waals surface area contributed by atoms with Gasteiger partial charge < -0.3 is 5.32 Å². The number of H-pyrrole nitrogens is 1. The average Bonchev–Trinajstić information content (AvgIpc) is 2.72. The smallest absolute Gasteiger partial charge is 0.174 e. The first-order valence-corrected chi connectivity index (χ1v) is 4.78. The molecule has 6 nitrogen and oxygen atoms in total. The summed E-state index contributed by atoms with van der Waals surface area (Å²) in [6.45, 7) is 0.460. The molecule has 0 bridgehead atoms. The van der Waals surface area contributed by atoms with Gasteiger partial charge in [-0.25, -0.2) is 4.98 Å². The van der Waals surface area contributed by atoms with Crippen molar-refractivity contribution in [1.29, 1.82) is 0 Å². The molecule has 2 aromatic rings. The van der Waals surface area contributed by atoms with Gasteiger partial charge in [-0.1, -0.05) is 23.2 Å². The van der Waals surface area contributed by atoms with Gasteiger partial charge in [0.05, 0.1) is 12.2 Å². The Morgan fingerprint density at radius 3 is 2.93 bits per heavy atom. The Labute approximate surface area is 95.0 Å². The quantitative estimate of drug-likeness (QED) is 0.856. The maximum atomic E-state index is 5.80. The van der Waals surface area contributed by atoms with Crippen molar-refractivity contribution < 1.29 is 0 Å². The van der Waals surface area contributed by atoms with Crippen molar-refractivity contribution in [3.63, 3.8) is 0 Å². The van der Waals surface area contributed by atoms with Crippen molar-refractivity contribution in [2.45, 2.75) is 6.54 Å². The molecule has 0 unspecified atom stereocenters. The summed E-state index contributed by atoms with van der Waals surface area (Å²) in [5, 5.41) is 17.2. The number of aromatic nitrogens is 5. The molecule has 0 fully saturated rings. The van der Waals surface area contributed by atoms with Gasteiger partial charge >= 0.3 is 0 Å². The second-order valence-corrected chi connectivity index (χ2v) is 3.40. The van der Waals surface area contributed by atoms with E-state index in [2.05, 4.69) is 30.7 Å². The Morgan fingerprint density at radius 1 is 1.33 bits per heavy atom. The predicted molar refractivity (Wildman–Crippen MR) is 55.8 cm³/mol. The number of rotatable bonds is 3. The van der Waals surface area contributed by atoms with Crippen molar-refractivity contribution in [1.82, 2.24) is 25.4 Å². The summed E-state index contributed by atoms with van der Waals surface area (Å²) in [6, 6.07) is 1.59. The second-order valence-electron chi connectivity index (χ2n) is 2.66. The lowest BCUT2D eigenvalue weighted by molar-refractivity contribution is 0.947. The zero-order valence-electron chi connectivity index (χ0n) is 7.41. The van der Waals surface area contributed by atoms with E-state index >= 15 is 0 Å². The number of aromatic amines is 1. The van der Waals surface area contributed by atoms with Gasteiger partial charge in [-0.2, -0.15) is 5.10 Å². The van der Waals surface area contributed by atoms with E-state index in [1.807, 2.05) is 0 Å². The minimum Gasteiger partial charge on any atom is -0.375 e. The maximum Gasteiger partial charge on any atom is 0.174 e. The molecule has 15 heavy (non-hydrogen) atoms. The number of halogens is 2. The highest BCUT2D eigenvalue weighted by Gasteiger charge is 2.04. The minimum absolute atomic E-state index is 0.263. The third-order valence-electron chi connectivity index (χ3n) is 1.63. The summed E-state index contributed by atoms with van der Waals surface area (Å²) < 4.78 is 0. The number of hydrogen-bond acceptors (Lipinski definition) is 5. The SMILES string of the molecule is Clc1cc(NCc2ncn[nH]2)c(Cl)nn1. The Balaban J connectivity index is 2.07. The van der Waals surface area contributed by atoms with Gasteiger partial charge in [-0.15, -0.1) is 10.2 Å². The van der Waals surface area contributed by atoms with Crippen LogP contribution in [0.2, 0.25) is 10.3 Å². The first kappa shape index (κ1) is 10.1. The van der Waals surface area contributed by atoms with Crippen LogP contribution in [0.25, 0.3) is 0 Å². The molecule has 0 aliphatic heterocycles. The Kier molecular flexibility index (Phi) is 2.98. The van der Waals surface area contributed by atoms with E-state index in [0.717, 1.165) is 0 Å². The predicted octanol–water partition coefficient (Wildman–Crippen LogP) is 1.51. The van der Waals surface area contributed by atoms with Crippen molar-refractivity contribution in [3.05, 3.63) is 28.5 Å². The molecular formula is C7H6Cl2N6. The van der Waals surface area contributed by atoms with Crippen molar-refractivity contribution in [2.24, 2.45) is 0 Å². The molecule has 2 N–H and O–H groups in total. The first-order chi connectivity index (χ1) is 7.25. The lowest BCUT2D eigenvalue weighted by Crippen LogP contribution is -2.03. The number of nitrogens with zero attached hydrogens (tertiary/aromatic N) is 4. The van der Waals surface area contributed by atoms with Crippen LogP contribution in [0.15, 0.2) is 12.4 Å². The van der Waals surface area contributed by atoms with E-state index in [4.69, 9.17) is 23.2 Å². The number of hydrogen-bond donors (Lipinski definition) is 2. The van der Waals surface area contributed by atoms with Crippen LogP contribution in [0, 0.1) is 0 Å². The maximum absolute atomic E-state index is 5.80. The Morgan fingerprint density at radius 2 is 2.20 bits per heavy atom. The van der Waals surface area contributed by atoms with Gasteiger partial charge in [0.1, 0.15) is 12.2 Å². The zero-order valence-corrected chi connectivity index (χ0v) is 8.92. The Hall–Kier alpha value is -1.40. The van der Waals surface area contributed by atoms with Crippen molar-refractivity contribution in [3.8, 4) is 0 Å². The summed E-state index contributed by atoms with van der Waals surface area (Å²) in [6.07, 6.45) is 1.43. The molecule has 0 radical (unpaired) electrons. The molecule has 2 heterocycles. The van der Waals surface area contributed by atoms with Crippen LogP contribution in [0.4, 0.5) is 5.69 Å². The molecule has 0 aromatic carbocycles. The van der Waals surface area contributed by atoms with E-state index in [1.54, 1.807) is 6.07 Å². The Bertz CT molecular complexity index is 443. The number of anilines is 1. The van der Waals surface area contributed by atoms with Crippen LogP contribution >= 0.6 is 23.2 Å². The third-order valence-corrected chi connectivity index (χ3v) is 2.09. The monoisotopic (exact) mass is 244 g/mol. The fourth-order valence-electron chi connectivity index (χ4n) is 0.972. The molecule has 0 spiro atoms. The van der Waals surface area contributed by atoms with Crippen molar-refractivity contribution in [2.75, 3.05) is 5.32 Å². The molecule has 8 heteroatoms. The highest BCUT2D eigenvalue weighted by Crippen LogP contribution is 2.20. The average molecular weight is 245 g/mol. The summed E-state index contributed by atoms with van der Waals surface area (Å²) in [5.74, 6) is 0.694. The standard InChI is InChI=1S/C7H6Cl2N6/c8-5-1-4(7(9)15-13-5)10-2-6-11-3-12-14-6/h1,3H,2H2,(H,10,13)(H,11,12,14). The van der Waals surface area contributed by atoms with Gasteiger partial charge in [0, 0.05) is 6.07 Å². The molecule has 2 aromatic heterocycles. The largest absolute Gasteiger partial charge is 0.375 e. The first-order valence-electron chi connectivity index (χ1n) is 4.02. The van der Waals surface area contributed by atoms with Crippen LogP contribution in [-0.4, -0.2) is 25.4 Å². The summed E-state index contributed by atoms with van der Waals surface area (Å²) in [4.78, 5) is 3.94. The van der Waals surface area contributed by atoms with Crippen LogP contribution in [-0.2, 0) is 6.54 Å². The molecule has 0 amide bonds. The van der Waals surface area contributed by atoms with Crippen LogP contribution in [0.5, 0.6) is 0 Å². The van der Waals surface area contributed by atoms with Gasteiger partial charge in [-0.3, -0.25) is 5.10 Å². The molecule has 78 valence electrons. The van der Waals surface area contributed by atoms with E-state index in [9.17, 15) is 0 Å². The lowest BCUT2D eigenvalue weighted by Gasteiger charge is -2.04. The second kappa shape index (κ2) is 4.41. The molecule has 2 rings (SSSR count). The van der Waals surface area contributed by atoms with Crippen LogP contribution in [0.1, 0.15) is 5.82 Å². The van der Waals surface area contributed by atoms with Gasteiger partial charge in [0.15, 0.2) is 10.3 Å². The van der Waals surface area contributed by atoms with Crippen molar-refractivity contribution >= 4 is 28.9 Å². The molecule has 0 saturated heterocycles. The van der Waals surface area contributed by atoms with Crippen LogP contribution < -0.4 is 5.32 Å². The fraction of sp³-hybridized carbons (Fsp3) is 0.143. The normalized spacial score (nSPS) is 10.3. The van der Waals surface area contributed by atoms with Crippen LogP contribution in [0.3, 0.4) is 0 Å². The van der Waals surface area contributed by atoms with E-state index in [0.29, 0.717) is 18.1 Å². The summed E-state index contributed by atoms with van der Waals surface area (Å²) >= 11 is 11.5. The number of nitrogens with one attached hydrogen (secondary N) is 2. The highest BCUT2D eigenvalue weighted by atomic mass is 35.5. The highest BCUT2D eigenvalue weighted by molar-refractivity contribution is 6.33. The summed E-state index contributed by atoms with van der Waals surface area (Å²) in [7, 11) is 0. The fourth-order valence-corrected chi connectivity index (χ4v) is 1.28. The van der Waals surface area contributed by atoms with Gasteiger partial charge in [-0.05, 0) is 0 Å². The third kappa shape index (κ3) is 2.54. The van der Waals surface area contributed by atoms with Gasteiger partial charge in [0.2, 0.25) is 0 Å². The zero-order chi connectivity index (χ0) is 10.7. The topological polar surface area (TPSA) is 79.4 Å². The summed E-state index contributed by atoms with van der Waals surface area (Å²) in [5.41, 5.74) is 0.605. The molecule has 0 saturated carbocycles. The lowest BCUT2D eigenvalue weighted by atomic mass is 10.4. The van der Waals surface area contributed by atoms with E-state index in [-0.39, 0.29) is 10.3 Å². The molecular weight excluding hydrogens is 239 g/mol. The van der Waals surface area contributed by atoms with Gasteiger partial charge in [0.25, 0.3) is 0 Å². The molecule has 0 atom stereocenters. The molecule has 0 aliphatic rings. The minimum atomic E-state index is 0.263. The van der Waals surface area contributed by atoms with E-state index in [1.165, 1.54) is 6.33 Å².